The van der Waals surface area contributed by atoms with Crippen LogP contribution in [0.4, 0.5) is 0 Å². The van der Waals surface area contributed by atoms with Gasteiger partial charge in [0.2, 0.25) is 17.6 Å². The van der Waals surface area contributed by atoms with Gasteiger partial charge in [0.25, 0.3) is 0 Å². The zero-order valence-corrected chi connectivity index (χ0v) is 16.4. The highest BCUT2D eigenvalue weighted by molar-refractivity contribution is 5.77. The number of carbonyl (C=O) groups is 1. The molecule has 1 amide bonds. The number of fused-ring (bicyclic) bond motifs is 1. The number of nitrogens with zero attached hydrogens (tertiary/aromatic N) is 4. The van der Waals surface area contributed by atoms with Gasteiger partial charge in [0.1, 0.15) is 0 Å². The van der Waals surface area contributed by atoms with Crippen LogP contribution in [0.1, 0.15) is 52.3 Å². The van der Waals surface area contributed by atoms with Crippen molar-refractivity contribution in [3.63, 3.8) is 0 Å². The van der Waals surface area contributed by atoms with Crippen molar-refractivity contribution in [3.8, 4) is 11.4 Å². The van der Waals surface area contributed by atoms with Crippen molar-refractivity contribution >= 4 is 5.91 Å². The van der Waals surface area contributed by atoms with Gasteiger partial charge in [0.15, 0.2) is 0 Å². The third kappa shape index (κ3) is 3.26. The first-order valence-corrected chi connectivity index (χ1v) is 10.0. The van der Waals surface area contributed by atoms with Crippen molar-refractivity contribution in [2.45, 2.75) is 51.9 Å². The molecule has 27 heavy (non-hydrogen) atoms. The molecule has 6 nitrogen and oxygen atoms in total. The van der Waals surface area contributed by atoms with E-state index < -0.39 is 0 Å². The molecule has 3 atom stereocenters. The highest BCUT2D eigenvalue weighted by Crippen LogP contribution is 2.50. The van der Waals surface area contributed by atoms with Gasteiger partial charge in [-0.1, -0.05) is 32.3 Å². The average Bonchev–Trinajstić information content (AvgIpc) is 3.36. The Bertz CT molecular complexity index is 804. The zero-order valence-electron chi connectivity index (χ0n) is 16.4. The van der Waals surface area contributed by atoms with Crippen LogP contribution in [-0.2, 0) is 10.2 Å². The van der Waals surface area contributed by atoms with E-state index in [-0.39, 0.29) is 11.3 Å². The fourth-order valence-corrected chi connectivity index (χ4v) is 4.51. The van der Waals surface area contributed by atoms with Crippen molar-refractivity contribution in [3.05, 3.63) is 30.4 Å². The highest BCUT2D eigenvalue weighted by atomic mass is 16.5. The Morgan fingerprint density at radius 2 is 2.26 bits per heavy atom. The van der Waals surface area contributed by atoms with Gasteiger partial charge < -0.3 is 9.42 Å². The van der Waals surface area contributed by atoms with E-state index in [9.17, 15) is 4.79 Å². The summed E-state index contributed by atoms with van der Waals surface area (Å²) in [7, 11) is 0. The van der Waals surface area contributed by atoms with Crippen LogP contribution in [0.5, 0.6) is 0 Å². The summed E-state index contributed by atoms with van der Waals surface area (Å²) in [5, 5.41) is 4.20. The first-order chi connectivity index (χ1) is 13.0. The number of pyridine rings is 1. The quantitative estimate of drug-likeness (QED) is 0.805. The molecular formula is C21H28N4O2. The molecular weight excluding hydrogens is 340 g/mol. The third-order valence-electron chi connectivity index (χ3n) is 6.63. The summed E-state index contributed by atoms with van der Waals surface area (Å²) in [5.74, 6) is 2.86. The lowest BCUT2D eigenvalue weighted by Gasteiger charge is -2.25. The van der Waals surface area contributed by atoms with E-state index in [1.54, 1.807) is 12.4 Å². The molecule has 0 unspecified atom stereocenters. The molecule has 2 aromatic heterocycles. The summed E-state index contributed by atoms with van der Waals surface area (Å²) in [6.45, 7) is 8.03. The van der Waals surface area contributed by atoms with E-state index in [1.807, 2.05) is 17.0 Å². The maximum absolute atomic E-state index is 12.8. The predicted molar refractivity (Wildman–Crippen MR) is 102 cm³/mol. The van der Waals surface area contributed by atoms with Crippen LogP contribution < -0.4 is 0 Å². The molecule has 1 saturated heterocycles. The first-order valence-electron chi connectivity index (χ1n) is 10.0. The summed E-state index contributed by atoms with van der Waals surface area (Å²) in [6.07, 6.45) is 7.37. The van der Waals surface area contributed by atoms with E-state index in [1.165, 1.54) is 0 Å². The Labute approximate surface area is 160 Å². The summed E-state index contributed by atoms with van der Waals surface area (Å²) in [4.78, 5) is 23.7. The van der Waals surface area contributed by atoms with Crippen molar-refractivity contribution in [1.82, 2.24) is 20.0 Å². The zero-order chi connectivity index (χ0) is 19.0. The second kappa shape index (κ2) is 7.06. The normalized spacial score (nSPS) is 25.8. The van der Waals surface area contributed by atoms with Crippen molar-refractivity contribution in [2.24, 2.45) is 17.8 Å². The minimum absolute atomic E-state index is 0.176. The van der Waals surface area contributed by atoms with Crippen molar-refractivity contribution in [2.75, 3.05) is 13.1 Å². The number of rotatable bonds is 5. The van der Waals surface area contributed by atoms with Crippen LogP contribution in [0.25, 0.3) is 11.4 Å². The number of hydrogen-bond donors (Lipinski definition) is 0. The fraction of sp³-hybridized carbons (Fsp3) is 0.619. The topological polar surface area (TPSA) is 72.1 Å². The Hall–Kier alpha value is -2.24. The smallest absolute Gasteiger partial charge is 0.235 e. The minimum Gasteiger partial charge on any atom is -0.341 e. The molecule has 2 fully saturated rings. The molecule has 1 aliphatic carbocycles. The van der Waals surface area contributed by atoms with Crippen LogP contribution in [0.3, 0.4) is 0 Å². The van der Waals surface area contributed by atoms with Gasteiger partial charge in [-0.25, -0.2) is 0 Å². The molecule has 1 aliphatic heterocycles. The lowest BCUT2D eigenvalue weighted by molar-refractivity contribution is -0.131. The second-order valence-electron chi connectivity index (χ2n) is 8.61. The fourth-order valence-electron chi connectivity index (χ4n) is 4.51. The third-order valence-corrected chi connectivity index (χ3v) is 6.63. The predicted octanol–water partition coefficient (Wildman–Crippen LogP) is 3.69. The lowest BCUT2D eigenvalue weighted by Crippen LogP contribution is -2.35. The Kier molecular flexibility index (Phi) is 4.74. The SMILES string of the molecule is CC(C)[C@@H](C)CC(=O)N1C[C@H]2CCC[C@@]2(c2nc(-c3cccnc3)no2)C1. The number of hydrogen-bond acceptors (Lipinski definition) is 5. The van der Waals surface area contributed by atoms with Crippen LogP contribution in [0.15, 0.2) is 29.0 Å². The van der Waals surface area contributed by atoms with E-state index in [0.29, 0.717) is 42.4 Å². The number of amides is 1. The molecule has 0 aromatic carbocycles. The van der Waals surface area contributed by atoms with E-state index >= 15 is 0 Å². The van der Waals surface area contributed by atoms with Crippen molar-refractivity contribution in [1.29, 1.82) is 0 Å². The lowest BCUT2D eigenvalue weighted by atomic mass is 9.80. The Morgan fingerprint density at radius 1 is 1.41 bits per heavy atom. The highest BCUT2D eigenvalue weighted by Gasteiger charge is 2.55. The molecule has 4 rings (SSSR count). The molecule has 0 spiro atoms. The van der Waals surface area contributed by atoms with Crippen LogP contribution >= 0.6 is 0 Å². The average molecular weight is 368 g/mol. The molecule has 3 heterocycles. The summed E-state index contributed by atoms with van der Waals surface area (Å²) in [5.41, 5.74) is 0.680. The number of aromatic nitrogens is 3. The summed E-state index contributed by atoms with van der Waals surface area (Å²) < 4.78 is 5.73. The summed E-state index contributed by atoms with van der Waals surface area (Å²) in [6, 6.07) is 3.80. The summed E-state index contributed by atoms with van der Waals surface area (Å²) >= 11 is 0. The maximum Gasteiger partial charge on any atom is 0.235 e. The van der Waals surface area contributed by atoms with Gasteiger partial charge in [0, 0.05) is 37.5 Å². The first kappa shape index (κ1) is 18.1. The Morgan fingerprint density at radius 3 is 3.00 bits per heavy atom. The maximum atomic E-state index is 12.8. The second-order valence-corrected chi connectivity index (χ2v) is 8.61. The van der Waals surface area contributed by atoms with E-state index in [2.05, 4.69) is 30.9 Å². The number of carbonyl (C=O) groups excluding carboxylic acids is 1. The standard InChI is InChI=1S/C21H28N4O2/c1-14(2)15(3)10-18(26)25-12-17-7-4-8-21(17,13-25)20-23-19(24-27-20)16-6-5-9-22-11-16/h5-6,9,11,14-15,17H,4,7-8,10,12-13H2,1-3H3/t15-,17+,21+/m0/s1. The molecule has 0 bridgehead atoms. The van der Waals surface area contributed by atoms with Gasteiger partial charge >= 0.3 is 0 Å². The molecule has 2 aliphatic rings. The van der Waals surface area contributed by atoms with Crippen LogP contribution in [0.2, 0.25) is 0 Å². The molecule has 6 heteroatoms. The van der Waals surface area contributed by atoms with E-state index in [4.69, 9.17) is 9.51 Å². The Balaban J connectivity index is 1.55. The van der Waals surface area contributed by atoms with Crippen LogP contribution in [0, 0.1) is 17.8 Å². The van der Waals surface area contributed by atoms with Gasteiger partial charge in [-0.05, 0) is 42.7 Å². The van der Waals surface area contributed by atoms with Gasteiger partial charge in [0.05, 0.1) is 5.41 Å². The van der Waals surface area contributed by atoms with E-state index in [0.717, 1.165) is 31.4 Å². The van der Waals surface area contributed by atoms with Gasteiger partial charge in [-0.15, -0.1) is 0 Å². The van der Waals surface area contributed by atoms with Gasteiger partial charge in [-0.3, -0.25) is 9.78 Å². The van der Waals surface area contributed by atoms with Crippen LogP contribution in [-0.4, -0.2) is 39.0 Å². The molecule has 0 N–H and O–H groups in total. The molecule has 1 saturated carbocycles. The van der Waals surface area contributed by atoms with Crippen molar-refractivity contribution < 1.29 is 9.32 Å². The molecule has 0 radical (unpaired) electrons. The van der Waals surface area contributed by atoms with Gasteiger partial charge in [-0.2, -0.15) is 4.98 Å². The monoisotopic (exact) mass is 368 g/mol. The molecule has 2 aromatic rings. The number of likely N-dealkylation sites (tertiary alicyclic amines) is 1. The molecule has 144 valence electrons. The largest absolute Gasteiger partial charge is 0.341 e. The minimum atomic E-state index is -0.176.